The van der Waals surface area contributed by atoms with Crippen molar-refractivity contribution >= 4 is 22.5 Å². The molecule has 5 rings (SSSR count). The first kappa shape index (κ1) is 29.6. The number of alkyl halides is 3. The zero-order chi connectivity index (χ0) is 30.2. The monoisotopic (exact) mass is 594 g/mol. The lowest BCUT2D eigenvalue weighted by Gasteiger charge is -2.20. The van der Waals surface area contributed by atoms with Gasteiger partial charge in [0.2, 0.25) is 0 Å². The van der Waals surface area contributed by atoms with Crippen LogP contribution < -0.4 is 4.74 Å². The van der Waals surface area contributed by atoms with Gasteiger partial charge in [-0.1, -0.05) is 93.9 Å². The molecule has 0 aliphatic heterocycles. The SMILES string of the molecule is CC(C)c1cccc(C(C)C)c1OCc1cccc(-c2c3cccc(C(F)(F)F)c3nn2Cc2ccc(Cl)cc2F)c1. The van der Waals surface area contributed by atoms with Crippen LogP contribution in [0.25, 0.3) is 22.2 Å². The third-order valence-electron chi connectivity index (χ3n) is 7.31. The number of rotatable bonds is 8. The molecule has 8 heteroatoms. The molecule has 3 nitrogen and oxygen atoms in total. The molecule has 0 N–H and O–H groups in total. The van der Waals surface area contributed by atoms with Crippen LogP contribution in [0, 0.1) is 5.82 Å². The summed E-state index contributed by atoms with van der Waals surface area (Å²) in [7, 11) is 0. The van der Waals surface area contributed by atoms with Crippen LogP contribution in [0.3, 0.4) is 0 Å². The predicted molar refractivity (Wildman–Crippen MR) is 160 cm³/mol. The summed E-state index contributed by atoms with van der Waals surface area (Å²) in [5, 5.41) is 4.92. The van der Waals surface area contributed by atoms with Crippen LogP contribution >= 0.6 is 11.6 Å². The Kier molecular flexibility index (Phi) is 8.33. The second kappa shape index (κ2) is 11.8. The van der Waals surface area contributed by atoms with Crippen LogP contribution in [-0.4, -0.2) is 9.78 Å². The fourth-order valence-corrected chi connectivity index (χ4v) is 5.38. The minimum Gasteiger partial charge on any atom is -0.488 e. The van der Waals surface area contributed by atoms with Crippen LogP contribution in [0.5, 0.6) is 5.75 Å². The van der Waals surface area contributed by atoms with E-state index >= 15 is 0 Å². The molecule has 42 heavy (non-hydrogen) atoms. The highest BCUT2D eigenvalue weighted by molar-refractivity contribution is 6.30. The fraction of sp³-hybridized carbons (Fsp3) is 0.265. The Labute approximate surface area is 247 Å². The summed E-state index contributed by atoms with van der Waals surface area (Å²) in [6, 6.07) is 21.9. The van der Waals surface area contributed by atoms with Gasteiger partial charge in [-0.25, -0.2) is 4.39 Å². The van der Waals surface area contributed by atoms with E-state index in [1.807, 2.05) is 30.3 Å². The summed E-state index contributed by atoms with van der Waals surface area (Å²) < 4.78 is 64.5. The molecule has 0 bridgehead atoms. The zero-order valence-corrected chi connectivity index (χ0v) is 24.5. The van der Waals surface area contributed by atoms with Crippen LogP contribution in [0.1, 0.15) is 67.3 Å². The van der Waals surface area contributed by atoms with E-state index in [2.05, 4.69) is 44.9 Å². The van der Waals surface area contributed by atoms with Crippen molar-refractivity contribution in [2.45, 2.75) is 58.9 Å². The van der Waals surface area contributed by atoms with Crippen molar-refractivity contribution in [1.82, 2.24) is 9.78 Å². The van der Waals surface area contributed by atoms with E-state index in [4.69, 9.17) is 16.3 Å². The molecular weight excluding hydrogens is 564 g/mol. The number of halogens is 5. The summed E-state index contributed by atoms with van der Waals surface area (Å²) >= 11 is 5.93. The average molecular weight is 595 g/mol. The van der Waals surface area contributed by atoms with Crippen molar-refractivity contribution in [2.75, 3.05) is 0 Å². The van der Waals surface area contributed by atoms with E-state index in [0.717, 1.165) is 28.5 Å². The normalized spacial score (nSPS) is 12.1. The van der Waals surface area contributed by atoms with Gasteiger partial charge in [-0.05, 0) is 52.8 Å². The molecule has 218 valence electrons. The first-order chi connectivity index (χ1) is 19.9. The Morgan fingerprint density at radius 1 is 0.857 bits per heavy atom. The predicted octanol–water partition coefficient (Wildman–Crippen LogP) is 10.4. The maximum absolute atomic E-state index is 14.8. The minimum absolute atomic E-state index is 0.0788. The molecule has 0 unspecified atom stereocenters. The first-order valence-corrected chi connectivity index (χ1v) is 14.2. The van der Waals surface area contributed by atoms with Gasteiger partial charge in [0, 0.05) is 21.5 Å². The van der Waals surface area contributed by atoms with E-state index in [1.54, 1.807) is 12.1 Å². The van der Waals surface area contributed by atoms with Gasteiger partial charge in [0.15, 0.2) is 0 Å². The first-order valence-electron chi connectivity index (χ1n) is 13.8. The van der Waals surface area contributed by atoms with Gasteiger partial charge in [-0.3, -0.25) is 4.68 Å². The standard InChI is InChI=1S/C34H31ClF4N2O/c1-20(2)26-10-6-11-27(21(3)4)33(26)42-19-22-8-5-9-23(16-22)32-28-12-7-13-29(34(37,38)39)31(28)40-41(32)18-24-14-15-25(35)17-30(24)36/h5-17,20-21H,18-19H2,1-4H3. The number of hydrogen-bond donors (Lipinski definition) is 0. The molecule has 0 saturated carbocycles. The maximum Gasteiger partial charge on any atom is 0.418 e. The molecule has 0 radical (unpaired) electrons. The second-order valence-corrected chi connectivity index (χ2v) is 11.4. The number of benzene rings is 4. The van der Waals surface area contributed by atoms with Gasteiger partial charge in [-0.2, -0.15) is 18.3 Å². The zero-order valence-electron chi connectivity index (χ0n) is 23.8. The molecule has 0 spiro atoms. The Hall–Kier alpha value is -3.84. The Bertz CT molecular complexity index is 1710. The van der Waals surface area contributed by atoms with Gasteiger partial charge < -0.3 is 4.74 Å². The van der Waals surface area contributed by atoms with E-state index in [-0.39, 0.29) is 41.1 Å². The van der Waals surface area contributed by atoms with Crippen molar-refractivity contribution in [3.8, 4) is 17.0 Å². The second-order valence-electron chi connectivity index (χ2n) is 11.0. The summed E-state index contributed by atoms with van der Waals surface area (Å²) in [6.45, 7) is 8.68. The van der Waals surface area contributed by atoms with Gasteiger partial charge in [0.1, 0.15) is 23.7 Å². The van der Waals surface area contributed by atoms with Crippen molar-refractivity contribution in [1.29, 1.82) is 0 Å². The van der Waals surface area contributed by atoms with Gasteiger partial charge in [0.25, 0.3) is 0 Å². The molecule has 1 heterocycles. The fourth-order valence-electron chi connectivity index (χ4n) is 5.22. The van der Waals surface area contributed by atoms with E-state index in [1.165, 1.54) is 22.9 Å². The lowest BCUT2D eigenvalue weighted by molar-refractivity contribution is -0.136. The number of ether oxygens (including phenoxy) is 1. The molecule has 4 aromatic carbocycles. The quantitative estimate of drug-likeness (QED) is 0.167. The van der Waals surface area contributed by atoms with Crippen molar-refractivity contribution in [3.63, 3.8) is 0 Å². The van der Waals surface area contributed by atoms with Crippen molar-refractivity contribution < 1.29 is 22.3 Å². The van der Waals surface area contributed by atoms with Crippen molar-refractivity contribution in [3.05, 3.63) is 118 Å². The van der Waals surface area contributed by atoms with E-state index < -0.39 is 17.6 Å². The molecular formula is C34H31ClF4N2O. The number of nitrogens with zero attached hydrogens (tertiary/aromatic N) is 2. The van der Waals surface area contributed by atoms with Crippen LogP contribution in [0.4, 0.5) is 17.6 Å². The lowest BCUT2D eigenvalue weighted by Crippen LogP contribution is -2.07. The molecule has 0 aliphatic carbocycles. The van der Waals surface area contributed by atoms with E-state index in [9.17, 15) is 17.6 Å². The largest absolute Gasteiger partial charge is 0.488 e. The topological polar surface area (TPSA) is 27.1 Å². The number of hydrogen-bond acceptors (Lipinski definition) is 2. The smallest absolute Gasteiger partial charge is 0.418 e. The molecule has 0 aliphatic rings. The minimum atomic E-state index is -4.60. The summed E-state index contributed by atoms with van der Waals surface area (Å²) in [5.74, 6) is 0.830. The highest BCUT2D eigenvalue weighted by atomic mass is 35.5. The maximum atomic E-state index is 14.8. The summed E-state index contributed by atoms with van der Waals surface area (Å²) in [5.41, 5.74) is 3.40. The highest BCUT2D eigenvalue weighted by Gasteiger charge is 2.34. The summed E-state index contributed by atoms with van der Waals surface area (Å²) in [6.07, 6.45) is -4.60. The molecule has 5 aromatic rings. The number of aromatic nitrogens is 2. The Morgan fingerprint density at radius 2 is 1.52 bits per heavy atom. The number of para-hydroxylation sites is 1. The Balaban J connectivity index is 1.59. The average Bonchev–Trinajstić information content (AvgIpc) is 3.30. The van der Waals surface area contributed by atoms with Gasteiger partial charge in [0.05, 0.1) is 17.8 Å². The van der Waals surface area contributed by atoms with E-state index in [0.29, 0.717) is 16.6 Å². The molecule has 0 saturated heterocycles. The van der Waals surface area contributed by atoms with Crippen LogP contribution in [0.15, 0.2) is 78.9 Å². The highest BCUT2D eigenvalue weighted by Crippen LogP contribution is 2.39. The Morgan fingerprint density at radius 3 is 2.17 bits per heavy atom. The molecule has 0 fully saturated rings. The molecule has 0 amide bonds. The molecule has 0 atom stereocenters. The third kappa shape index (κ3) is 6.02. The molecule has 1 aromatic heterocycles. The van der Waals surface area contributed by atoms with Crippen LogP contribution in [-0.2, 0) is 19.3 Å². The van der Waals surface area contributed by atoms with Crippen LogP contribution in [0.2, 0.25) is 5.02 Å². The summed E-state index contributed by atoms with van der Waals surface area (Å²) in [4.78, 5) is 0. The number of fused-ring (bicyclic) bond motifs is 1. The van der Waals surface area contributed by atoms with Gasteiger partial charge in [-0.15, -0.1) is 0 Å². The third-order valence-corrected chi connectivity index (χ3v) is 7.55. The van der Waals surface area contributed by atoms with Gasteiger partial charge >= 0.3 is 6.18 Å². The lowest BCUT2D eigenvalue weighted by atomic mass is 9.94. The van der Waals surface area contributed by atoms with Crippen molar-refractivity contribution in [2.24, 2.45) is 0 Å².